The monoisotopic (exact) mass is 576 g/mol. The molecule has 2 amide bonds. The SMILES string of the molecule is CCSCCCO[C@]1(CO)C[C@H](O)C(NC(C)=O)[C@H]([C@H](O)[C@H](O)CNC(=O)c2ccc(-c3ccccc3)cc2)O1. The van der Waals surface area contributed by atoms with E-state index < -0.39 is 54.7 Å². The van der Waals surface area contributed by atoms with Gasteiger partial charge in [0, 0.05) is 25.5 Å². The molecule has 0 aromatic heterocycles. The van der Waals surface area contributed by atoms with Crippen LogP contribution < -0.4 is 10.6 Å². The first-order valence-electron chi connectivity index (χ1n) is 13.4. The van der Waals surface area contributed by atoms with E-state index in [1.165, 1.54) is 6.92 Å². The molecular weight excluding hydrogens is 536 g/mol. The summed E-state index contributed by atoms with van der Waals surface area (Å²) in [6, 6.07) is 15.6. The number of carbonyl (C=O) groups excluding carboxylic acids is 2. The second-order valence-electron chi connectivity index (χ2n) is 9.76. The van der Waals surface area contributed by atoms with Gasteiger partial charge in [-0.25, -0.2) is 0 Å². The minimum Gasteiger partial charge on any atom is -0.391 e. The second-order valence-corrected chi connectivity index (χ2v) is 11.2. The Balaban J connectivity index is 1.65. The summed E-state index contributed by atoms with van der Waals surface area (Å²) >= 11 is 1.74. The lowest BCUT2D eigenvalue weighted by Gasteiger charge is -2.48. The van der Waals surface area contributed by atoms with Crippen molar-refractivity contribution in [3.63, 3.8) is 0 Å². The second kappa shape index (κ2) is 15.5. The molecule has 1 unspecified atom stereocenters. The summed E-state index contributed by atoms with van der Waals surface area (Å²) in [5.74, 6) is -0.748. The molecular formula is C29H40N2O8S. The third kappa shape index (κ3) is 8.74. The third-order valence-corrected chi connectivity index (χ3v) is 7.69. The Morgan fingerprint density at radius 2 is 1.80 bits per heavy atom. The molecule has 6 N–H and O–H groups in total. The number of benzene rings is 2. The normalized spacial score (nSPS) is 24.2. The molecule has 1 aliphatic heterocycles. The Kier molecular flexibility index (Phi) is 12.4. The number of thioether (sulfide) groups is 1. The van der Waals surface area contributed by atoms with E-state index in [4.69, 9.17) is 9.47 Å². The van der Waals surface area contributed by atoms with Gasteiger partial charge in [0.1, 0.15) is 12.2 Å². The number of hydrogen-bond acceptors (Lipinski definition) is 9. The number of amides is 2. The highest BCUT2D eigenvalue weighted by Crippen LogP contribution is 2.33. The van der Waals surface area contributed by atoms with Gasteiger partial charge in [0.2, 0.25) is 5.91 Å². The fraction of sp³-hybridized carbons (Fsp3) is 0.517. The number of rotatable bonds is 14. The molecule has 0 saturated carbocycles. The number of aliphatic hydroxyl groups excluding tert-OH is 4. The van der Waals surface area contributed by atoms with E-state index in [2.05, 4.69) is 10.6 Å². The molecule has 1 heterocycles. The molecule has 2 aromatic carbocycles. The van der Waals surface area contributed by atoms with Crippen LogP contribution >= 0.6 is 11.8 Å². The first-order valence-corrected chi connectivity index (χ1v) is 14.6. The number of hydrogen-bond donors (Lipinski definition) is 6. The lowest BCUT2D eigenvalue weighted by molar-refractivity contribution is -0.329. The number of nitrogens with one attached hydrogen (secondary N) is 2. The largest absolute Gasteiger partial charge is 0.391 e. The maximum Gasteiger partial charge on any atom is 0.251 e. The summed E-state index contributed by atoms with van der Waals surface area (Å²) in [6.07, 6.45) is -5.19. The van der Waals surface area contributed by atoms with Gasteiger partial charge in [-0.05, 0) is 41.2 Å². The third-order valence-electron chi connectivity index (χ3n) is 6.71. The summed E-state index contributed by atoms with van der Waals surface area (Å²) in [5.41, 5.74) is 2.33. The lowest BCUT2D eigenvalue weighted by Crippen LogP contribution is -2.67. The van der Waals surface area contributed by atoms with Gasteiger partial charge in [-0.1, -0.05) is 49.4 Å². The summed E-state index contributed by atoms with van der Waals surface area (Å²) in [5, 5.41) is 47.9. The smallest absolute Gasteiger partial charge is 0.251 e. The van der Waals surface area contributed by atoms with Gasteiger partial charge in [-0.15, -0.1) is 0 Å². The fourth-order valence-corrected chi connectivity index (χ4v) is 5.23. The van der Waals surface area contributed by atoms with Gasteiger partial charge in [-0.2, -0.15) is 11.8 Å². The molecule has 0 spiro atoms. The van der Waals surface area contributed by atoms with Crippen molar-refractivity contribution in [3.05, 3.63) is 60.2 Å². The Hall–Kier alpha value is -2.51. The van der Waals surface area contributed by atoms with Crippen LogP contribution in [0.1, 0.15) is 37.0 Å². The predicted molar refractivity (Wildman–Crippen MR) is 153 cm³/mol. The predicted octanol–water partition coefficient (Wildman–Crippen LogP) is 1.31. The van der Waals surface area contributed by atoms with Crippen LogP contribution in [0.3, 0.4) is 0 Å². The van der Waals surface area contributed by atoms with E-state index in [1.54, 1.807) is 23.9 Å². The number of ether oxygens (including phenoxy) is 2. The average Bonchev–Trinajstić information content (AvgIpc) is 2.96. The molecule has 40 heavy (non-hydrogen) atoms. The van der Waals surface area contributed by atoms with Crippen LogP contribution in [0, 0.1) is 0 Å². The molecule has 3 rings (SSSR count). The van der Waals surface area contributed by atoms with Crippen LogP contribution in [0.25, 0.3) is 11.1 Å². The molecule has 0 radical (unpaired) electrons. The molecule has 6 atom stereocenters. The average molecular weight is 577 g/mol. The quantitative estimate of drug-likeness (QED) is 0.182. The summed E-state index contributed by atoms with van der Waals surface area (Å²) in [4.78, 5) is 24.5. The van der Waals surface area contributed by atoms with Crippen LogP contribution in [0.15, 0.2) is 54.6 Å². The van der Waals surface area contributed by atoms with Crippen LogP contribution in [0.4, 0.5) is 0 Å². The highest BCUT2D eigenvalue weighted by Gasteiger charge is 2.51. The molecule has 220 valence electrons. The molecule has 0 bridgehead atoms. The zero-order valence-electron chi connectivity index (χ0n) is 22.9. The molecule has 10 nitrogen and oxygen atoms in total. The van der Waals surface area contributed by atoms with Gasteiger partial charge in [0.05, 0.1) is 31.5 Å². The fourth-order valence-electron chi connectivity index (χ4n) is 4.62. The highest BCUT2D eigenvalue weighted by molar-refractivity contribution is 7.99. The van der Waals surface area contributed by atoms with Crippen molar-refractivity contribution in [1.29, 1.82) is 0 Å². The molecule has 1 fully saturated rings. The minimum atomic E-state index is -1.64. The zero-order valence-corrected chi connectivity index (χ0v) is 23.7. The Morgan fingerprint density at radius 3 is 2.42 bits per heavy atom. The van der Waals surface area contributed by atoms with Crippen molar-refractivity contribution in [2.45, 2.75) is 62.9 Å². The molecule has 2 aromatic rings. The van der Waals surface area contributed by atoms with Gasteiger partial charge < -0.3 is 40.5 Å². The van der Waals surface area contributed by atoms with Crippen LogP contribution in [-0.4, -0.2) is 99.7 Å². The van der Waals surface area contributed by atoms with Crippen molar-refractivity contribution in [1.82, 2.24) is 10.6 Å². The molecule has 1 aliphatic rings. The van der Waals surface area contributed by atoms with E-state index >= 15 is 0 Å². The highest BCUT2D eigenvalue weighted by atomic mass is 32.2. The Bertz CT molecular complexity index is 1070. The van der Waals surface area contributed by atoms with Gasteiger partial charge in [-0.3, -0.25) is 9.59 Å². The Morgan fingerprint density at radius 1 is 1.12 bits per heavy atom. The maximum absolute atomic E-state index is 12.7. The van der Waals surface area contributed by atoms with Crippen molar-refractivity contribution in [2.24, 2.45) is 0 Å². The molecule has 1 saturated heterocycles. The van der Waals surface area contributed by atoms with E-state index in [-0.39, 0.29) is 19.6 Å². The van der Waals surface area contributed by atoms with Crippen LogP contribution in [0.5, 0.6) is 0 Å². The first kappa shape index (κ1) is 32.0. The van der Waals surface area contributed by atoms with E-state index in [9.17, 15) is 30.0 Å². The van der Waals surface area contributed by atoms with Gasteiger partial charge in [0.25, 0.3) is 5.91 Å². The summed E-state index contributed by atoms with van der Waals surface area (Å²) in [7, 11) is 0. The number of aliphatic hydroxyl groups is 4. The summed E-state index contributed by atoms with van der Waals surface area (Å²) < 4.78 is 11.8. The maximum atomic E-state index is 12.7. The number of carbonyl (C=O) groups is 2. The standard InChI is InChI=1S/C29H40N2O8S/c1-3-40-15-7-14-38-29(18-32)16-23(34)25(31-19(2)33)27(39-29)26(36)24(35)17-30-28(37)22-12-10-21(11-13-22)20-8-5-4-6-9-20/h4-6,8-13,23-27,32,34-36H,3,7,14-18H2,1-2H3,(H,30,37)(H,31,33)/t23-,24+,25?,26+,27+,29+/m0/s1. The molecule has 11 heteroatoms. The van der Waals surface area contributed by atoms with Gasteiger partial charge >= 0.3 is 0 Å². The van der Waals surface area contributed by atoms with Crippen molar-refractivity contribution < 1.29 is 39.5 Å². The van der Waals surface area contributed by atoms with E-state index in [1.807, 2.05) is 49.4 Å². The van der Waals surface area contributed by atoms with E-state index in [0.717, 1.165) is 22.6 Å². The minimum absolute atomic E-state index is 0.148. The summed E-state index contributed by atoms with van der Waals surface area (Å²) in [6.45, 7) is 2.61. The van der Waals surface area contributed by atoms with Crippen molar-refractivity contribution in [3.8, 4) is 11.1 Å². The topological polar surface area (TPSA) is 158 Å². The van der Waals surface area contributed by atoms with Crippen LogP contribution in [-0.2, 0) is 14.3 Å². The zero-order chi connectivity index (χ0) is 29.1. The molecule has 0 aliphatic carbocycles. The van der Waals surface area contributed by atoms with Crippen molar-refractivity contribution in [2.75, 3.05) is 31.3 Å². The van der Waals surface area contributed by atoms with Gasteiger partial charge in [0.15, 0.2) is 5.79 Å². The van der Waals surface area contributed by atoms with Crippen LogP contribution in [0.2, 0.25) is 0 Å². The van der Waals surface area contributed by atoms with E-state index in [0.29, 0.717) is 12.0 Å². The first-order chi connectivity index (χ1) is 19.2. The lowest BCUT2D eigenvalue weighted by atomic mass is 9.88. The Labute approximate surface area is 239 Å². The van der Waals surface area contributed by atoms with Crippen molar-refractivity contribution >= 4 is 23.6 Å².